The summed E-state index contributed by atoms with van der Waals surface area (Å²) in [6.07, 6.45) is 3.20. The van der Waals surface area contributed by atoms with E-state index in [0.717, 1.165) is 16.0 Å². The summed E-state index contributed by atoms with van der Waals surface area (Å²) in [6.45, 7) is -0.366. The Morgan fingerprint density at radius 1 is 1.10 bits per heavy atom. The number of hydrogen-bond donors (Lipinski definition) is 5. The van der Waals surface area contributed by atoms with Crippen molar-refractivity contribution in [3.05, 3.63) is 94.8 Å². The zero-order chi connectivity index (χ0) is 27.6. The molecule has 0 radical (unpaired) electrons. The molecule has 0 saturated carbocycles. The number of nitrogens with zero attached hydrogens (tertiary/aromatic N) is 3. The summed E-state index contributed by atoms with van der Waals surface area (Å²) in [6, 6.07) is 17.2. The van der Waals surface area contributed by atoms with Crippen LogP contribution in [0.2, 0.25) is 0 Å². The van der Waals surface area contributed by atoms with Crippen LogP contribution in [0.25, 0.3) is 21.2 Å². The van der Waals surface area contributed by atoms with Gasteiger partial charge in [-0.1, -0.05) is 30.3 Å². The second-order valence-electron chi connectivity index (χ2n) is 8.73. The third-order valence-electron chi connectivity index (χ3n) is 6.30. The fourth-order valence-corrected chi connectivity index (χ4v) is 5.38. The highest BCUT2D eigenvalue weighted by Crippen LogP contribution is 2.40. The maximum Gasteiger partial charge on any atom is 0.336 e. The number of aromatic nitrogens is 3. The minimum Gasteiger partial charge on any atom is -0.481 e. The summed E-state index contributed by atoms with van der Waals surface area (Å²) < 4.78 is 5.17. The van der Waals surface area contributed by atoms with Crippen molar-refractivity contribution < 1.29 is 24.9 Å². The fraction of sp³-hybridized carbons (Fsp3) is 0.143. The molecule has 1 atom stereocenters. The van der Waals surface area contributed by atoms with Crippen molar-refractivity contribution in [3.63, 3.8) is 0 Å². The van der Waals surface area contributed by atoms with Crippen LogP contribution in [0.5, 0.6) is 5.88 Å². The van der Waals surface area contributed by atoms with Gasteiger partial charge in [0.15, 0.2) is 5.60 Å². The van der Waals surface area contributed by atoms with Crippen molar-refractivity contribution in [2.75, 3.05) is 19.0 Å². The number of thiazole rings is 1. The second-order valence-corrected chi connectivity index (χ2v) is 9.76. The zero-order valence-electron chi connectivity index (χ0n) is 20.8. The molecule has 2 aromatic heterocycles. The van der Waals surface area contributed by atoms with Crippen molar-refractivity contribution >= 4 is 39.7 Å². The van der Waals surface area contributed by atoms with Crippen LogP contribution in [-0.4, -0.2) is 50.0 Å². The molecule has 5 aromatic rings. The number of carboxylic acids is 1. The Bertz CT molecular complexity index is 1670. The first-order chi connectivity index (χ1) is 18.9. The molecule has 0 saturated heterocycles. The molecule has 0 aliphatic heterocycles. The van der Waals surface area contributed by atoms with E-state index >= 15 is 0 Å². The number of benzene rings is 3. The lowest BCUT2D eigenvalue weighted by Crippen LogP contribution is -2.32. The van der Waals surface area contributed by atoms with E-state index in [1.807, 2.05) is 18.2 Å². The SMILES string of the molecule is COc1ccnc(Nc2cc(CN)cc(-c3cnc(C(O)(CO)c4ccc(C(=O)O)c5ccccc45)s3)c2)n1. The Balaban J connectivity index is 1.55. The number of hydrogen-bond acceptors (Lipinski definition) is 10. The summed E-state index contributed by atoms with van der Waals surface area (Å²) in [5.41, 5.74) is 6.90. The number of carboxylic acid groups (broad SMARTS) is 1. The van der Waals surface area contributed by atoms with Crippen LogP contribution in [0.3, 0.4) is 0 Å². The smallest absolute Gasteiger partial charge is 0.336 e. The maximum atomic E-state index is 11.8. The van der Waals surface area contributed by atoms with Gasteiger partial charge in [0.2, 0.25) is 11.8 Å². The van der Waals surface area contributed by atoms with E-state index in [-0.39, 0.29) is 17.1 Å². The van der Waals surface area contributed by atoms with Crippen LogP contribution in [-0.2, 0) is 12.1 Å². The van der Waals surface area contributed by atoms with Gasteiger partial charge >= 0.3 is 5.97 Å². The first kappa shape index (κ1) is 26.2. The van der Waals surface area contributed by atoms with E-state index in [4.69, 9.17) is 10.5 Å². The number of fused-ring (bicyclic) bond motifs is 1. The van der Waals surface area contributed by atoms with Gasteiger partial charge < -0.3 is 31.1 Å². The molecule has 5 rings (SSSR count). The van der Waals surface area contributed by atoms with E-state index in [1.54, 1.807) is 42.7 Å². The largest absolute Gasteiger partial charge is 0.481 e. The zero-order valence-corrected chi connectivity index (χ0v) is 21.6. The van der Waals surface area contributed by atoms with Crippen LogP contribution in [0.1, 0.15) is 26.5 Å². The normalized spacial score (nSPS) is 12.7. The highest BCUT2D eigenvalue weighted by molar-refractivity contribution is 7.15. The van der Waals surface area contributed by atoms with Gasteiger partial charge in [-0.05, 0) is 46.2 Å². The van der Waals surface area contributed by atoms with Crippen molar-refractivity contribution in [2.24, 2.45) is 5.73 Å². The van der Waals surface area contributed by atoms with Gasteiger partial charge in [-0.3, -0.25) is 0 Å². The van der Waals surface area contributed by atoms with E-state index in [1.165, 1.54) is 30.6 Å². The van der Waals surface area contributed by atoms with Crippen LogP contribution >= 0.6 is 11.3 Å². The number of carbonyl (C=O) groups is 1. The van der Waals surface area contributed by atoms with E-state index < -0.39 is 18.2 Å². The lowest BCUT2D eigenvalue weighted by molar-refractivity contribution is 0.0183. The van der Waals surface area contributed by atoms with Gasteiger partial charge in [0, 0.05) is 36.3 Å². The van der Waals surface area contributed by atoms with Crippen molar-refractivity contribution in [1.29, 1.82) is 0 Å². The van der Waals surface area contributed by atoms with E-state index in [0.29, 0.717) is 33.9 Å². The topological polar surface area (TPSA) is 164 Å². The predicted molar refractivity (Wildman–Crippen MR) is 148 cm³/mol. The van der Waals surface area contributed by atoms with Crippen molar-refractivity contribution in [2.45, 2.75) is 12.1 Å². The molecule has 1 unspecified atom stereocenters. The highest BCUT2D eigenvalue weighted by Gasteiger charge is 2.36. The third kappa shape index (κ3) is 5.03. The first-order valence-electron chi connectivity index (χ1n) is 11.9. The first-order valence-corrected chi connectivity index (χ1v) is 12.7. The van der Waals surface area contributed by atoms with Gasteiger partial charge in [0.25, 0.3) is 0 Å². The Labute approximate surface area is 227 Å². The molecular weight excluding hydrogens is 518 g/mol. The molecule has 39 heavy (non-hydrogen) atoms. The summed E-state index contributed by atoms with van der Waals surface area (Å²) in [5, 5.41) is 36.1. The third-order valence-corrected chi connectivity index (χ3v) is 7.49. The molecule has 0 spiro atoms. The quantitative estimate of drug-likeness (QED) is 0.184. The summed E-state index contributed by atoms with van der Waals surface area (Å²) >= 11 is 1.21. The molecule has 11 heteroatoms. The molecule has 0 amide bonds. The number of anilines is 2. The number of aliphatic hydroxyl groups excluding tert-OH is 1. The number of rotatable bonds is 9. The van der Waals surface area contributed by atoms with Crippen LogP contribution < -0.4 is 15.8 Å². The van der Waals surface area contributed by atoms with Crippen LogP contribution in [0, 0.1) is 0 Å². The van der Waals surface area contributed by atoms with Gasteiger partial charge in [0.05, 0.1) is 24.2 Å². The second kappa shape index (κ2) is 10.8. The molecule has 3 aromatic carbocycles. The monoisotopic (exact) mass is 543 g/mol. The Morgan fingerprint density at radius 2 is 1.90 bits per heavy atom. The lowest BCUT2D eigenvalue weighted by atomic mass is 9.88. The molecule has 0 bridgehead atoms. The Hall–Kier alpha value is -4.42. The van der Waals surface area contributed by atoms with Gasteiger partial charge in [0.1, 0.15) is 5.01 Å². The number of nitrogens with one attached hydrogen (secondary N) is 1. The van der Waals surface area contributed by atoms with Crippen molar-refractivity contribution in [1.82, 2.24) is 15.0 Å². The Morgan fingerprint density at radius 3 is 2.62 bits per heavy atom. The average molecular weight is 544 g/mol. The number of nitrogens with two attached hydrogens (primary N) is 1. The summed E-state index contributed by atoms with van der Waals surface area (Å²) in [4.78, 5) is 25.5. The lowest BCUT2D eigenvalue weighted by Gasteiger charge is -2.26. The minimum absolute atomic E-state index is 0.105. The van der Waals surface area contributed by atoms with Gasteiger partial charge in [-0.25, -0.2) is 14.8 Å². The fourth-order valence-electron chi connectivity index (χ4n) is 4.38. The van der Waals surface area contributed by atoms with Crippen LogP contribution in [0.15, 0.2) is 73.1 Å². The predicted octanol–water partition coefficient (Wildman–Crippen LogP) is 3.89. The van der Waals surface area contributed by atoms with Gasteiger partial charge in [-0.15, -0.1) is 11.3 Å². The summed E-state index contributed by atoms with van der Waals surface area (Å²) in [5.74, 6) is -0.307. The standard InChI is InChI=1S/C28H25N5O5S/c1-38-24-8-9-30-27(33-24)32-18-11-16(13-29)10-17(12-18)23-14-31-26(39-23)28(37,15-34)22-7-6-21(25(35)36)19-4-2-3-5-20(19)22/h2-12,14,34,37H,13,15,29H2,1H3,(H,35,36)(H,30,32,33). The molecule has 2 heterocycles. The molecule has 0 aliphatic rings. The van der Waals surface area contributed by atoms with Crippen molar-refractivity contribution in [3.8, 4) is 16.3 Å². The molecule has 10 nitrogen and oxygen atoms in total. The number of methoxy groups -OCH3 is 1. The van der Waals surface area contributed by atoms with Crippen LogP contribution in [0.4, 0.5) is 11.6 Å². The molecule has 6 N–H and O–H groups in total. The molecular formula is C28H25N5O5S. The molecule has 0 fully saturated rings. The number of ether oxygens (including phenoxy) is 1. The van der Waals surface area contributed by atoms with E-state index in [9.17, 15) is 20.1 Å². The average Bonchev–Trinajstić information content (AvgIpc) is 3.47. The highest BCUT2D eigenvalue weighted by atomic mass is 32.1. The Kier molecular flexibility index (Phi) is 7.22. The molecule has 198 valence electrons. The summed E-state index contributed by atoms with van der Waals surface area (Å²) in [7, 11) is 1.53. The van der Waals surface area contributed by atoms with E-state index in [2.05, 4.69) is 20.3 Å². The van der Waals surface area contributed by atoms with Gasteiger partial charge in [-0.2, -0.15) is 4.98 Å². The number of aliphatic hydroxyl groups is 2. The minimum atomic E-state index is -1.86. The number of aromatic carboxylic acids is 1. The maximum absolute atomic E-state index is 11.8. The molecule has 0 aliphatic carbocycles.